The highest BCUT2D eigenvalue weighted by molar-refractivity contribution is 7.99. The minimum absolute atomic E-state index is 0.361. The molecule has 0 aromatic heterocycles. The van der Waals surface area contributed by atoms with Gasteiger partial charge in [-0.1, -0.05) is 30.3 Å². The predicted octanol–water partition coefficient (Wildman–Crippen LogP) is 4.52. The zero-order valence-corrected chi connectivity index (χ0v) is 12.1. The first kappa shape index (κ1) is 13.8. The van der Waals surface area contributed by atoms with E-state index in [2.05, 4.69) is 31.2 Å². The summed E-state index contributed by atoms with van der Waals surface area (Å²) in [6, 6.07) is 16.3. The number of nitrogen functional groups attached to an aromatic ring is 1. The Kier molecular flexibility index (Phi) is 4.74. The van der Waals surface area contributed by atoms with Gasteiger partial charge < -0.3 is 10.5 Å². The van der Waals surface area contributed by atoms with E-state index in [1.165, 1.54) is 5.56 Å². The van der Waals surface area contributed by atoms with Crippen molar-refractivity contribution < 1.29 is 4.74 Å². The third-order valence-corrected chi connectivity index (χ3v) is 4.10. The molecular weight excluding hydrogens is 254 g/mol. The van der Waals surface area contributed by atoms with Crippen molar-refractivity contribution in [3.8, 4) is 5.75 Å². The highest BCUT2D eigenvalue weighted by atomic mass is 32.2. The maximum atomic E-state index is 6.04. The minimum Gasteiger partial charge on any atom is -0.494 e. The highest BCUT2D eigenvalue weighted by Gasteiger charge is 2.10. The molecule has 0 saturated heterocycles. The molecule has 0 heterocycles. The molecule has 2 N–H and O–H groups in total. The van der Waals surface area contributed by atoms with Crippen molar-refractivity contribution in [3.63, 3.8) is 0 Å². The van der Waals surface area contributed by atoms with E-state index in [4.69, 9.17) is 10.5 Å². The number of hydrogen-bond donors (Lipinski definition) is 1. The quantitative estimate of drug-likeness (QED) is 0.642. The topological polar surface area (TPSA) is 35.2 Å². The van der Waals surface area contributed by atoms with Crippen molar-refractivity contribution in [2.75, 3.05) is 12.3 Å². The Labute approximate surface area is 119 Å². The van der Waals surface area contributed by atoms with Gasteiger partial charge in [0.15, 0.2) is 0 Å². The standard InChI is InChI=1S/C16H19NOS/c1-3-18-14-9-10-15(17)16(11-14)19-12(2)13-7-5-4-6-8-13/h4-12H,3,17H2,1-2H3. The zero-order chi connectivity index (χ0) is 13.7. The second-order valence-corrected chi connectivity index (χ2v) is 5.69. The van der Waals surface area contributed by atoms with Gasteiger partial charge in [-0.25, -0.2) is 0 Å². The van der Waals surface area contributed by atoms with Gasteiger partial charge in [0.1, 0.15) is 5.75 Å². The summed E-state index contributed by atoms with van der Waals surface area (Å²) in [6.07, 6.45) is 0. The molecule has 0 amide bonds. The highest BCUT2D eigenvalue weighted by Crippen LogP contribution is 2.39. The Morgan fingerprint density at radius 1 is 1.16 bits per heavy atom. The molecule has 2 rings (SSSR count). The van der Waals surface area contributed by atoms with Gasteiger partial charge in [-0.05, 0) is 37.6 Å². The van der Waals surface area contributed by atoms with Crippen molar-refractivity contribution in [1.82, 2.24) is 0 Å². The summed E-state index contributed by atoms with van der Waals surface area (Å²) < 4.78 is 5.52. The second-order valence-electron chi connectivity index (χ2n) is 4.30. The van der Waals surface area contributed by atoms with Crippen LogP contribution in [-0.4, -0.2) is 6.61 Å². The lowest BCUT2D eigenvalue weighted by molar-refractivity contribution is 0.339. The molecule has 2 aromatic rings. The average Bonchev–Trinajstić information content (AvgIpc) is 2.44. The molecule has 0 aliphatic heterocycles. The van der Waals surface area contributed by atoms with Crippen molar-refractivity contribution in [2.24, 2.45) is 0 Å². The summed E-state index contributed by atoms with van der Waals surface area (Å²) in [4.78, 5) is 1.07. The van der Waals surface area contributed by atoms with Gasteiger partial charge in [0.2, 0.25) is 0 Å². The van der Waals surface area contributed by atoms with Crippen LogP contribution in [0.5, 0.6) is 5.75 Å². The van der Waals surface area contributed by atoms with Gasteiger partial charge in [0.05, 0.1) is 6.61 Å². The number of thioether (sulfide) groups is 1. The molecular formula is C16H19NOS. The summed E-state index contributed by atoms with van der Waals surface area (Å²) >= 11 is 1.76. The molecule has 1 unspecified atom stereocenters. The molecule has 1 atom stereocenters. The van der Waals surface area contributed by atoms with Crippen LogP contribution in [0.2, 0.25) is 0 Å². The summed E-state index contributed by atoms with van der Waals surface area (Å²) in [5.74, 6) is 0.875. The van der Waals surface area contributed by atoms with Crippen LogP contribution in [0, 0.1) is 0 Å². The Balaban J connectivity index is 2.16. The van der Waals surface area contributed by atoms with Crippen molar-refractivity contribution >= 4 is 17.4 Å². The van der Waals surface area contributed by atoms with Gasteiger partial charge in [0, 0.05) is 15.8 Å². The maximum absolute atomic E-state index is 6.04. The Hall–Kier alpha value is -1.61. The van der Waals surface area contributed by atoms with E-state index in [0.717, 1.165) is 16.3 Å². The number of benzene rings is 2. The molecule has 2 aromatic carbocycles. The molecule has 19 heavy (non-hydrogen) atoms. The Bertz CT molecular complexity index is 528. The number of rotatable bonds is 5. The lowest BCUT2D eigenvalue weighted by Crippen LogP contribution is -1.95. The van der Waals surface area contributed by atoms with Crippen LogP contribution in [0.25, 0.3) is 0 Å². The SMILES string of the molecule is CCOc1ccc(N)c(SC(C)c2ccccc2)c1. The Morgan fingerprint density at radius 2 is 1.89 bits per heavy atom. The molecule has 0 saturated carbocycles. The fraction of sp³-hybridized carbons (Fsp3) is 0.250. The molecule has 3 heteroatoms. The molecule has 2 nitrogen and oxygen atoms in total. The van der Waals surface area contributed by atoms with E-state index < -0.39 is 0 Å². The third kappa shape index (κ3) is 3.67. The van der Waals surface area contributed by atoms with Gasteiger partial charge in [0.25, 0.3) is 0 Å². The molecule has 0 aliphatic rings. The second kappa shape index (κ2) is 6.53. The lowest BCUT2D eigenvalue weighted by Gasteiger charge is -2.14. The van der Waals surface area contributed by atoms with Crippen molar-refractivity contribution in [1.29, 1.82) is 0 Å². The van der Waals surface area contributed by atoms with Crippen LogP contribution >= 0.6 is 11.8 Å². The van der Waals surface area contributed by atoms with E-state index >= 15 is 0 Å². The average molecular weight is 273 g/mol. The first-order valence-corrected chi connectivity index (χ1v) is 7.32. The van der Waals surface area contributed by atoms with Crippen LogP contribution in [0.1, 0.15) is 24.7 Å². The molecule has 0 spiro atoms. The van der Waals surface area contributed by atoms with Crippen LogP contribution in [0.15, 0.2) is 53.4 Å². The van der Waals surface area contributed by atoms with E-state index in [1.807, 2.05) is 31.2 Å². The fourth-order valence-corrected chi connectivity index (χ4v) is 2.92. The van der Waals surface area contributed by atoms with Crippen molar-refractivity contribution in [2.45, 2.75) is 24.0 Å². The van der Waals surface area contributed by atoms with Gasteiger partial charge in [-0.3, -0.25) is 0 Å². The zero-order valence-electron chi connectivity index (χ0n) is 11.3. The summed E-state index contributed by atoms with van der Waals surface area (Å²) in [5.41, 5.74) is 8.14. The maximum Gasteiger partial charge on any atom is 0.120 e. The third-order valence-electron chi connectivity index (χ3n) is 2.87. The van der Waals surface area contributed by atoms with Crippen LogP contribution in [0.3, 0.4) is 0 Å². The Morgan fingerprint density at radius 3 is 2.58 bits per heavy atom. The molecule has 0 bridgehead atoms. The van der Waals surface area contributed by atoms with Gasteiger partial charge >= 0.3 is 0 Å². The van der Waals surface area contributed by atoms with Crippen molar-refractivity contribution in [3.05, 3.63) is 54.1 Å². The number of nitrogens with two attached hydrogens (primary N) is 1. The van der Waals surface area contributed by atoms with E-state index in [1.54, 1.807) is 11.8 Å². The molecule has 0 aliphatic carbocycles. The molecule has 0 fully saturated rings. The summed E-state index contributed by atoms with van der Waals surface area (Å²) in [5, 5.41) is 0.361. The first-order valence-electron chi connectivity index (χ1n) is 6.44. The number of hydrogen-bond acceptors (Lipinski definition) is 3. The van der Waals surface area contributed by atoms with Crippen LogP contribution in [-0.2, 0) is 0 Å². The predicted molar refractivity (Wildman–Crippen MR) is 82.7 cm³/mol. The largest absolute Gasteiger partial charge is 0.494 e. The van der Waals surface area contributed by atoms with E-state index in [-0.39, 0.29) is 0 Å². The van der Waals surface area contributed by atoms with Crippen LogP contribution in [0.4, 0.5) is 5.69 Å². The summed E-state index contributed by atoms with van der Waals surface area (Å²) in [6.45, 7) is 4.84. The number of ether oxygens (including phenoxy) is 1. The normalized spacial score (nSPS) is 12.1. The van der Waals surface area contributed by atoms with Crippen LogP contribution < -0.4 is 10.5 Å². The molecule has 0 radical (unpaired) electrons. The lowest BCUT2D eigenvalue weighted by atomic mass is 10.2. The minimum atomic E-state index is 0.361. The van der Waals surface area contributed by atoms with Gasteiger partial charge in [-0.15, -0.1) is 11.8 Å². The van der Waals surface area contributed by atoms with Gasteiger partial charge in [-0.2, -0.15) is 0 Å². The summed E-state index contributed by atoms with van der Waals surface area (Å²) in [7, 11) is 0. The van der Waals surface area contributed by atoms with E-state index in [0.29, 0.717) is 11.9 Å². The molecule has 100 valence electrons. The first-order chi connectivity index (χ1) is 9.20. The monoisotopic (exact) mass is 273 g/mol. The van der Waals surface area contributed by atoms with E-state index in [9.17, 15) is 0 Å². The smallest absolute Gasteiger partial charge is 0.120 e. The number of anilines is 1. The fourth-order valence-electron chi connectivity index (χ4n) is 1.86.